The number of hydrogen-bond donors (Lipinski definition) is 1. The Bertz CT molecular complexity index is 819. The summed E-state index contributed by atoms with van der Waals surface area (Å²) in [5.41, 5.74) is 3.23. The second-order valence-electron chi connectivity index (χ2n) is 5.84. The zero-order valence-corrected chi connectivity index (χ0v) is 14.8. The summed E-state index contributed by atoms with van der Waals surface area (Å²) in [6.07, 6.45) is 0. The Morgan fingerprint density at radius 3 is 2.38 bits per heavy atom. The van der Waals surface area contributed by atoms with Crippen molar-refractivity contribution in [3.05, 3.63) is 63.1 Å². The lowest BCUT2D eigenvalue weighted by molar-refractivity contribution is -0.126. The normalized spacial score (nSPS) is 16.2. The Balaban J connectivity index is 2.05. The summed E-state index contributed by atoms with van der Waals surface area (Å²) in [6, 6.07) is 10.4. The number of carbonyl (C=O) groups excluding carboxylic acids is 2. The number of rotatable bonds is 3. The maximum absolute atomic E-state index is 12.9. The molecule has 1 heterocycles. The third-order valence-electron chi connectivity index (χ3n) is 4.00. The van der Waals surface area contributed by atoms with E-state index in [2.05, 4.69) is 5.32 Å². The van der Waals surface area contributed by atoms with E-state index in [4.69, 9.17) is 23.2 Å². The Morgan fingerprint density at radius 1 is 1.12 bits per heavy atom. The Morgan fingerprint density at radius 2 is 1.75 bits per heavy atom. The summed E-state index contributed by atoms with van der Waals surface area (Å²) < 4.78 is 0. The molecule has 1 N–H and O–H groups in total. The molecular formula is C18H16Cl2N2O2. The number of amides is 2. The predicted molar refractivity (Wildman–Crippen MR) is 95.4 cm³/mol. The van der Waals surface area contributed by atoms with Crippen LogP contribution in [-0.2, 0) is 16.1 Å². The number of halogens is 2. The summed E-state index contributed by atoms with van der Waals surface area (Å²) in [4.78, 5) is 25.9. The van der Waals surface area contributed by atoms with Crippen LogP contribution in [0.4, 0.5) is 5.69 Å². The molecule has 1 aliphatic rings. The third kappa shape index (κ3) is 2.99. The lowest BCUT2D eigenvalue weighted by Crippen LogP contribution is -2.36. The van der Waals surface area contributed by atoms with Crippen LogP contribution >= 0.6 is 23.2 Å². The molecule has 0 radical (unpaired) electrons. The molecule has 2 aromatic carbocycles. The molecule has 0 aliphatic carbocycles. The van der Waals surface area contributed by atoms with Gasteiger partial charge < -0.3 is 10.2 Å². The Labute approximate surface area is 150 Å². The highest BCUT2D eigenvalue weighted by molar-refractivity contribution is 6.38. The molecule has 0 saturated carbocycles. The number of nitrogens with one attached hydrogen (secondary N) is 1. The molecular weight excluding hydrogens is 347 g/mol. The minimum atomic E-state index is -0.811. The highest BCUT2D eigenvalue weighted by Crippen LogP contribution is 2.45. The van der Waals surface area contributed by atoms with Crippen molar-refractivity contribution in [2.45, 2.75) is 26.4 Å². The topological polar surface area (TPSA) is 49.4 Å². The van der Waals surface area contributed by atoms with E-state index in [1.54, 1.807) is 17.0 Å². The van der Waals surface area contributed by atoms with Crippen LogP contribution in [0.25, 0.3) is 0 Å². The second-order valence-corrected chi connectivity index (χ2v) is 6.65. The van der Waals surface area contributed by atoms with Crippen molar-refractivity contribution in [3.63, 3.8) is 0 Å². The fourth-order valence-electron chi connectivity index (χ4n) is 2.87. The van der Waals surface area contributed by atoms with Gasteiger partial charge in [-0.3, -0.25) is 9.59 Å². The number of anilines is 1. The van der Waals surface area contributed by atoms with Gasteiger partial charge in [0.15, 0.2) is 0 Å². The van der Waals surface area contributed by atoms with E-state index in [0.29, 0.717) is 27.8 Å². The van der Waals surface area contributed by atoms with Gasteiger partial charge >= 0.3 is 0 Å². The van der Waals surface area contributed by atoms with Gasteiger partial charge in [0.05, 0.1) is 17.3 Å². The van der Waals surface area contributed by atoms with Crippen LogP contribution in [-0.4, -0.2) is 11.8 Å². The zero-order valence-electron chi connectivity index (χ0n) is 13.3. The fraction of sp³-hybridized carbons (Fsp3) is 0.222. The smallest absolute Gasteiger partial charge is 0.254 e. The van der Waals surface area contributed by atoms with Gasteiger partial charge in [-0.05, 0) is 24.6 Å². The maximum Gasteiger partial charge on any atom is 0.254 e. The van der Waals surface area contributed by atoms with Crippen LogP contribution in [0.5, 0.6) is 0 Å². The lowest BCUT2D eigenvalue weighted by atomic mass is 10.1. The van der Waals surface area contributed by atoms with E-state index in [1.165, 1.54) is 6.92 Å². The van der Waals surface area contributed by atoms with Crippen LogP contribution in [0.2, 0.25) is 10.0 Å². The van der Waals surface area contributed by atoms with Crippen molar-refractivity contribution >= 4 is 40.7 Å². The van der Waals surface area contributed by atoms with Crippen molar-refractivity contribution in [3.8, 4) is 0 Å². The molecule has 124 valence electrons. The molecule has 2 aromatic rings. The van der Waals surface area contributed by atoms with Crippen molar-refractivity contribution < 1.29 is 9.59 Å². The van der Waals surface area contributed by atoms with Crippen LogP contribution in [0.1, 0.15) is 29.7 Å². The Kier molecular flexibility index (Phi) is 4.52. The molecule has 0 spiro atoms. The molecule has 0 aromatic heterocycles. The van der Waals surface area contributed by atoms with Crippen LogP contribution < -0.4 is 10.2 Å². The average Bonchev–Trinajstić information content (AvgIpc) is 2.79. The summed E-state index contributed by atoms with van der Waals surface area (Å²) in [7, 11) is 0. The number of nitrogens with zero attached hydrogens (tertiary/aromatic N) is 1. The van der Waals surface area contributed by atoms with Crippen molar-refractivity contribution in [1.29, 1.82) is 0 Å². The third-order valence-corrected chi connectivity index (χ3v) is 4.63. The number of benzene rings is 2. The van der Waals surface area contributed by atoms with Gasteiger partial charge in [0, 0.05) is 17.5 Å². The van der Waals surface area contributed by atoms with Crippen molar-refractivity contribution in [2.24, 2.45) is 0 Å². The zero-order chi connectivity index (χ0) is 17.4. The van der Waals surface area contributed by atoms with Gasteiger partial charge in [0.1, 0.15) is 6.04 Å². The molecule has 1 atom stereocenters. The summed E-state index contributed by atoms with van der Waals surface area (Å²) in [6.45, 7) is 3.74. The Hall–Kier alpha value is -2.04. The number of aryl methyl sites for hydroxylation is 1. The van der Waals surface area contributed by atoms with E-state index < -0.39 is 6.04 Å². The van der Waals surface area contributed by atoms with Crippen molar-refractivity contribution in [2.75, 3.05) is 4.90 Å². The van der Waals surface area contributed by atoms with E-state index in [0.717, 1.165) is 11.1 Å². The first-order valence-electron chi connectivity index (χ1n) is 7.50. The average molecular weight is 363 g/mol. The molecule has 1 aliphatic heterocycles. The van der Waals surface area contributed by atoms with Gasteiger partial charge in [0.2, 0.25) is 5.91 Å². The summed E-state index contributed by atoms with van der Waals surface area (Å²) in [5.74, 6) is -0.539. The quantitative estimate of drug-likeness (QED) is 0.895. The number of fused-ring (bicyclic) bond motifs is 1. The molecule has 2 amide bonds. The first kappa shape index (κ1) is 16.8. The van der Waals surface area contributed by atoms with Crippen LogP contribution in [0.15, 0.2) is 36.4 Å². The van der Waals surface area contributed by atoms with E-state index >= 15 is 0 Å². The molecule has 4 nitrogen and oxygen atoms in total. The highest BCUT2D eigenvalue weighted by Gasteiger charge is 2.40. The first-order chi connectivity index (χ1) is 11.4. The number of carbonyl (C=O) groups is 2. The highest BCUT2D eigenvalue weighted by atomic mass is 35.5. The minimum absolute atomic E-state index is 0.240. The van der Waals surface area contributed by atoms with E-state index in [-0.39, 0.29) is 11.8 Å². The van der Waals surface area contributed by atoms with E-state index in [1.807, 2.05) is 31.2 Å². The largest absolute Gasteiger partial charge is 0.341 e. The van der Waals surface area contributed by atoms with E-state index in [9.17, 15) is 9.59 Å². The van der Waals surface area contributed by atoms with Crippen molar-refractivity contribution in [1.82, 2.24) is 5.32 Å². The van der Waals surface area contributed by atoms with Gasteiger partial charge in [-0.15, -0.1) is 0 Å². The molecule has 6 heteroatoms. The summed E-state index contributed by atoms with van der Waals surface area (Å²) >= 11 is 12.6. The SMILES string of the molecule is CC(=O)N[C@H]1C(=O)N(Cc2ccc(C)cc2)c2c(Cl)ccc(Cl)c21. The molecule has 24 heavy (non-hydrogen) atoms. The maximum atomic E-state index is 12.9. The molecule has 3 rings (SSSR count). The van der Waals surface area contributed by atoms with Crippen LogP contribution in [0, 0.1) is 6.92 Å². The fourth-order valence-corrected chi connectivity index (χ4v) is 3.39. The summed E-state index contributed by atoms with van der Waals surface area (Å²) in [5, 5.41) is 3.51. The first-order valence-corrected chi connectivity index (χ1v) is 8.26. The number of hydrogen-bond acceptors (Lipinski definition) is 2. The minimum Gasteiger partial charge on any atom is -0.341 e. The van der Waals surface area contributed by atoms with Gasteiger partial charge in [-0.25, -0.2) is 0 Å². The van der Waals surface area contributed by atoms with Crippen LogP contribution in [0.3, 0.4) is 0 Å². The molecule has 0 bridgehead atoms. The monoisotopic (exact) mass is 362 g/mol. The molecule has 0 fully saturated rings. The predicted octanol–water partition coefficient (Wildman–Crippen LogP) is 4.03. The second kappa shape index (κ2) is 6.46. The van der Waals surface area contributed by atoms with Gasteiger partial charge in [0.25, 0.3) is 5.91 Å². The lowest BCUT2D eigenvalue weighted by Gasteiger charge is -2.19. The molecule has 0 unspecified atom stereocenters. The van der Waals surface area contributed by atoms with Gasteiger partial charge in [-0.2, -0.15) is 0 Å². The molecule has 0 saturated heterocycles. The van der Waals surface area contributed by atoms with Gasteiger partial charge in [-0.1, -0.05) is 53.0 Å². The standard InChI is InChI=1S/C18H16Cl2N2O2/c1-10-3-5-12(6-4-10)9-22-17-14(20)8-7-13(19)15(17)16(18(22)24)21-11(2)23/h3-8,16H,9H2,1-2H3,(H,21,23)/t16-/m1/s1.